The minimum absolute atomic E-state index is 0. The van der Waals surface area contributed by atoms with Crippen molar-refractivity contribution >= 4 is 12.4 Å². The fourth-order valence-electron chi connectivity index (χ4n) is 3.64. The summed E-state index contributed by atoms with van der Waals surface area (Å²) >= 11 is 0. The molecule has 0 aliphatic heterocycles. The second-order valence-electron chi connectivity index (χ2n) is 6.46. The lowest BCUT2D eigenvalue weighted by atomic mass is 9.77. The molecule has 1 saturated carbocycles. The Kier molecular flexibility index (Phi) is 4.26. The van der Waals surface area contributed by atoms with Gasteiger partial charge < -0.3 is 10.8 Å². The van der Waals surface area contributed by atoms with Gasteiger partial charge in [-0.1, -0.05) is 48.9 Å². The van der Waals surface area contributed by atoms with E-state index < -0.39 is 6.10 Å². The van der Waals surface area contributed by atoms with Gasteiger partial charge in [-0.15, -0.1) is 12.4 Å². The van der Waals surface area contributed by atoms with Crippen LogP contribution in [-0.4, -0.2) is 11.2 Å². The van der Waals surface area contributed by atoms with Crippen molar-refractivity contribution in [1.82, 2.24) is 0 Å². The number of fused-ring (bicyclic) bond motifs is 3. The smallest absolute Gasteiger partial charge is 0.0760 e. The van der Waals surface area contributed by atoms with Crippen LogP contribution >= 0.6 is 12.4 Å². The maximum absolute atomic E-state index is 10.4. The summed E-state index contributed by atoms with van der Waals surface area (Å²) in [5.41, 5.74) is 12.8. The maximum atomic E-state index is 10.4. The molecule has 0 saturated heterocycles. The van der Waals surface area contributed by atoms with Gasteiger partial charge in [-0.05, 0) is 53.0 Å². The summed E-state index contributed by atoms with van der Waals surface area (Å²) in [7, 11) is 0. The van der Waals surface area contributed by atoms with E-state index in [1.807, 2.05) is 0 Å². The van der Waals surface area contributed by atoms with E-state index in [0.717, 1.165) is 24.8 Å². The average molecular weight is 316 g/mol. The van der Waals surface area contributed by atoms with E-state index >= 15 is 0 Å². The Labute approximate surface area is 137 Å². The number of hydrogen-bond donors (Lipinski definition) is 2. The third-order valence-corrected chi connectivity index (χ3v) is 5.20. The predicted molar refractivity (Wildman–Crippen MR) is 92.2 cm³/mol. The van der Waals surface area contributed by atoms with Gasteiger partial charge in [-0.25, -0.2) is 0 Å². The summed E-state index contributed by atoms with van der Waals surface area (Å²) < 4.78 is 0. The minimum Gasteiger partial charge on any atom is -0.391 e. The Morgan fingerprint density at radius 1 is 1.00 bits per heavy atom. The first-order chi connectivity index (χ1) is 10.2. The third kappa shape index (κ3) is 2.45. The first-order valence-corrected chi connectivity index (χ1v) is 7.89. The van der Waals surface area contributed by atoms with Gasteiger partial charge >= 0.3 is 0 Å². The third-order valence-electron chi connectivity index (χ3n) is 5.20. The fraction of sp³-hybridized carbons (Fsp3) is 0.368. The lowest BCUT2D eigenvalue weighted by Crippen LogP contribution is -2.36. The summed E-state index contributed by atoms with van der Waals surface area (Å²) in [4.78, 5) is 0. The average Bonchev–Trinajstić information content (AvgIpc) is 2.82. The molecule has 22 heavy (non-hydrogen) atoms. The Hall–Kier alpha value is -1.35. The van der Waals surface area contributed by atoms with Crippen molar-refractivity contribution < 1.29 is 5.11 Å². The van der Waals surface area contributed by atoms with Gasteiger partial charge in [0.15, 0.2) is 0 Å². The van der Waals surface area contributed by atoms with E-state index in [0.29, 0.717) is 5.92 Å². The largest absolute Gasteiger partial charge is 0.391 e. The quantitative estimate of drug-likeness (QED) is 0.771. The Morgan fingerprint density at radius 2 is 1.73 bits per heavy atom. The summed E-state index contributed by atoms with van der Waals surface area (Å²) in [6, 6.07) is 14.8. The molecule has 0 radical (unpaired) electrons. The maximum Gasteiger partial charge on any atom is 0.0760 e. The second kappa shape index (κ2) is 6.04. The van der Waals surface area contributed by atoms with Gasteiger partial charge in [0.05, 0.1) is 12.1 Å². The normalized spacial score (nSPS) is 18.6. The molecule has 2 atom stereocenters. The number of aliphatic hydroxyl groups excluding tert-OH is 1. The topological polar surface area (TPSA) is 46.2 Å². The molecule has 4 rings (SSSR count). The van der Waals surface area contributed by atoms with E-state index in [1.54, 1.807) is 0 Å². The molecule has 0 heterocycles. The molecule has 116 valence electrons. The molecule has 2 aliphatic rings. The van der Waals surface area contributed by atoms with E-state index in [9.17, 15) is 5.11 Å². The van der Waals surface area contributed by atoms with Crippen LogP contribution in [0.3, 0.4) is 0 Å². The van der Waals surface area contributed by atoms with Crippen molar-refractivity contribution in [2.75, 3.05) is 0 Å². The number of halogens is 1. The summed E-state index contributed by atoms with van der Waals surface area (Å²) in [6.07, 6.45) is 4.04. The molecule has 0 bridgehead atoms. The van der Waals surface area contributed by atoms with Gasteiger partial charge in [0, 0.05) is 0 Å². The highest BCUT2D eigenvalue weighted by atomic mass is 35.5. The van der Waals surface area contributed by atoms with Crippen LogP contribution in [-0.2, 0) is 6.42 Å². The van der Waals surface area contributed by atoms with Gasteiger partial charge in [0.25, 0.3) is 0 Å². The van der Waals surface area contributed by atoms with Crippen molar-refractivity contribution in [2.24, 2.45) is 11.7 Å². The van der Waals surface area contributed by atoms with Crippen molar-refractivity contribution in [3.8, 4) is 11.1 Å². The zero-order chi connectivity index (χ0) is 14.4. The molecular formula is C19H22ClNO. The minimum atomic E-state index is -0.402. The molecule has 0 aromatic heterocycles. The Balaban J connectivity index is 0.00000144. The lowest BCUT2D eigenvalue weighted by Gasteiger charge is -2.34. The number of rotatable bonds is 3. The molecule has 3 N–H and O–H groups in total. The molecule has 0 spiro atoms. The summed E-state index contributed by atoms with van der Waals surface area (Å²) in [5.74, 6) is 0.394. The van der Waals surface area contributed by atoms with Crippen LogP contribution in [0.25, 0.3) is 11.1 Å². The number of nitrogens with two attached hydrogens (primary N) is 1. The number of benzene rings is 2. The molecule has 2 nitrogen and oxygen atoms in total. The van der Waals surface area contributed by atoms with Crippen molar-refractivity contribution in [2.45, 2.75) is 37.8 Å². The van der Waals surface area contributed by atoms with E-state index in [2.05, 4.69) is 42.5 Å². The Bertz CT molecular complexity index is 681. The molecule has 2 aromatic carbocycles. The standard InChI is InChI=1S/C19H21NO.ClH/c20-18(19(21)12-5-3-6-12)14-8-9-17-15(11-14)10-13-4-1-2-7-16(13)17;/h1-2,4,7-9,11-12,18-19,21H,3,5-6,10,20H2;1H/t18-,19+;/m0./s1. The van der Waals surface area contributed by atoms with Crippen LogP contribution < -0.4 is 5.73 Å². The molecule has 0 amide bonds. The molecule has 2 aliphatic carbocycles. The number of hydrogen-bond acceptors (Lipinski definition) is 2. The van der Waals surface area contributed by atoms with Crippen molar-refractivity contribution in [3.05, 3.63) is 59.2 Å². The van der Waals surface area contributed by atoms with Gasteiger partial charge in [0.1, 0.15) is 0 Å². The zero-order valence-corrected chi connectivity index (χ0v) is 13.4. The first-order valence-electron chi connectivity index (χ1n) is 7.89. The molecule has 3 heteroatoms. The van der Waals surface area contributed by atoms with Crippen molar-refractivity contribution in [3.63, 3.8) is 0 Å². The van der Waals surface area contributed by atoms with Crippen LogP contribution in [0, 0.1) is 5.92 Å². The highest BCUT2D eigenvalue weighted by molar-refractivity contribution is 5.85. The highest BCUT2D eigenvalue weighted by Crippen LogP contribution is 2.39. The van der Waals surface area contributed by atoms with E-state index in [-0.39, 0.29) is 18.4 Å². The summed E-state index contributed by atoms with van der Waals surface area (Å²) in [5, 5.41) is 10.4. The fourth-order valence-corrected chi connectivity index (χ4v) is 3.64. The SMILES string of the molecule is Cl.N[C@@H](c1ccc2c(c1)Cc1ccccc1-2)[C@H](O)C1CCC1. The van der Waals surface area contributed by atoms with Gasteiger partial charge in [-0.2, -0.15) is 0 Å². The molecule has 2 aromatic rings. The van der Waals surface area contributed by atoms with Crippen LogP contribution in [0.15, 0.2) is 42.5 Å². The van der Waals surface area contributed by atoms with Crippen molar-refractivity contribution in [1.29, 1.82) is 0 Å². The number of aliphatic hydroxyl groups is 1. The zero-order valence-electron chi connectivity index (χ0n) is 12.5. The molecule has 0 unspecified atom stereocenters. The Morgan fingerprint density at radius 3 is 2.45 bits per heavy atom. The monoisotopic (exact) mass is 315 g/mol. The lowest BCUT2D eigenvalue weighted by molar-refractivity contribution is 0.0413. The van der Waals surface area contributed by atoms with Crippen LogP contribution in [0.1, 0.15) is 42.0 Å². The van der Waals surface area contributed by atoms with Gasteiger partial charge in [0.2, 0.25) is 0 Å². The van der Waals surface area contributed by atoms with E-state index in [4.69, 9.17) is 5.73 Å². The van der Waals surface area contributed by atoms with Gasteiger partial charge in [-0.3, -0.25) is 0 Å². The molecule has 1 fully saturated rings. The second-order valence-corrected chi connectivity index (χ2v) is 6.46. The molecular weight excluding hydrogens is 294 g/mol. The van der Waals surface area contributed by atoms with Crippen LogP contribution in [0.5, 0.6) is 0 Å². The van der Waals surface area contributed by atoms with Crippen LogP contribution in [0.4, 0.5) is 0 Å². The highest BCUT2D eigenvalue weighted by Gasteiger charge is 2.31. The predicted octanol–water partition coefficient (Wildman–Crippen LogP) is 3.84. The van der Waals surface area contributed by atoms with Crippen LogP contribution in [0.2, 0.25) is 0 Å². The summed E-state index contributed by atoms with van der Waals surface area (Å²) in [6.45, 7) is 0. The first kappa shape index (κ1) is 15.5. The van der Waals surface area contributed by atoms with E-state index in [1.165, 1.54) is 28.7 Å².